The minimum Gasteiger partial charge on any atom is -0.376 e. The summed E-state index contributed by atoms with van der Waals surface area (Å²) >= 11 is 0. The maximum absolute atomic E-state index is 12.0. The van der Waals surface area contributed by atoms with Gasteiger partial charge in [-0.1, -0.05) is 20.8 Å². The fourth-order valence-corrected chi connectivity index (χ4v) is 2.32. The third kappa shape index (κ3) is 2.99. The van der Waals surface area contributed by atoms with Crippen LogP contribution in [0.4, 0.5) is 0 Å². The second kappa shape index (κ2) is 4.58. The van der Waals surface area contributed by atoms with Crippen LogP contribution in [0.25, 0.3) is 0 Å². The molecule has 0 radical (unpaired) electrons. The standard InChI is InChI=1S/C13H24N2O2/c1-13(2,3)11(14)12(16)15-9-6-7-17-10(9)8-4-5-8/h8-11H,4-7,14H2,1-3H3,(H,15,16)/t9?,10?,11-/m0/s1. The van der Waals surface area contributed by atoms with Gasteiger partial charge in [0.05, 0.1) is 18.2 Å². The highest BCUT2D eigenvalue weighted by molar-refractivity contribution is 5.82. The molecule has 1 saturated carbocycles. The lowest BCUT2D eigenvalue weighted by atomic mass is 9.86. The maximum Gasteiger partial charge on any atom is 0.237 e. The number of hydrogen-bond donors (Lipinski definition) is 2. The molecule has 2 aliphatic rings. The van der Waals surface area contributed by atoms with Crippen molar-refractivity contribution >= 4 is 5.91 Å². The minimum atomic E-state index is -0.456. The number of hydrogen-bond acceptors (Lipinski definition) is 3. The molecule has 0 aromatic carbocycles. The summed E-state index contributed by atoms with van der Waals surface area (Å²) in [6.45, 7) is 6.72. The number of ether oxygens (including phenoxy) is 1. The molecular weight excluding hydrogens is 216 g/mol. The molecule has 2 unspecified atom stereocenters. The largest absolute Gasteiger partial charge is 0.376 e. The summed E-state index contributed by atoms with van der Waals surface area (Å²) in [7, 11) is 0. The van der Waals surface area contributed by atoms with Gasteiger partial charge < -0.3 is 15.8 Å². The number of amides is 1. The molecule has 2 rings (SSSR count). The molecule has 0 spiro atoms. The second-order valence-electron chi connectivity index (χ2n) is 6.42. The van der Waals surface area contributed by atoms with Crippen LogP contribution in [0.5, 0.6) is 0 Å². The fourth-order valence-electron chi connectivity index (χ4n) is 2.32. The van der Waals surface area contributed by atoms with Gasteiger partial charge in [-0.2, -0.15) is 0 Å². The van der Waals surface area contributed by atoms with Gasteiger partial charge in [-0.3, -0.25) is 4.79 Å². The first-order valence-electron chi connectivity index (χ1n) is 6.57. The van der Waals surface area contributed by atoms with Crippen molar-refractivity contribution in [2.24, 2.45) is 17.1 Å². The van der Waals surface area contributed by atoms with Crippen LogP contribution in [0.15, 0.2) is 0 Å². The SMILES string of the molecule is CC(C)(C)[C@@H](N)C(=O)NC1CCOC1C1CC1. The van der Waals surface area contributed by atoms with Crippen molar-refractivity contribution in [2.75, 3.05) is 6.61 Å². The van der Waals surface area contributed by atoms with E-state index in [1.54, 1.807) is 0 Å². The first-order valence-corrected chi connectivity index (χ1v) is 6.57. The lowest BCUT2D eigenvalue weighted by Crippen LogP contribution is -2.53. The molecule has 1 saturated heterocycles. The Balaban J connectivity index is 1.89. The molecule has 2 fully saturated rings. The van der Waals surface area contributed by atoms with Crippen LogP contribution in [0.1, 0.15) is 40.0 Å². The van der Waals surface area contributed by atoms with E-state index in [0.29, 0.717) is 5.92 Å². The molecule has 3 atom stereocenters. The molecular formula is C13H24N2O2. The van der Waals surface area contributed by atoms with Crippen LogP contribution in [-0.2, 0) is 9.53 Å². The van der Waals surface area contributed by atoms with Gasteiger partial charge in [0.1, 0.15) is 0 Å². The van der Waals surface area contributed by atoms with Gasteiger partial charge in [-0.05, 0) is 30.6 Å². The van der Waals surface area contributed by atoms with Crippen molar-refractivity contribution in [2.45, 2.75) is 58.2 Å². The molecule has 0 bridgehead atoms. The van der Waals surface area contributed by atoms with Crippen molar-refractivity contribution in [3.8, 4) is 0 Å². The Hall–Kier alpha value is -0.610. The van der Waals surface area contributed by atoms with Crippen molar-refractivity contribution in [1.82, 2.24) is 5.32 Å². The zero-order valence-corrected chi connectivity index (χ0v) is 11.0. The van der Waals surface area contributed by atoms with E-state index in [1.165, 1.54) is 12.8 Å². The summed E-state index contributed by atoms with van der Waals surface area (Å²) in [5.41, 5.74) is 5.76. The zero-order valence-electron chi connectivity index (χ0n) is 11.0. The Bertz CT molecular complexity index is 294. The van der Waals surface area contributed by atoms with Crippen LogP contribution >= 0.6 is 0 Å². The van der Waals surface area contributed by atoms with Gasteiger partial charge in [0, 0.05) is 6.61 Å². The smallest absolute Gasteiger partial charge is 0.237 e. The van der Waals surface area contributed by atoms with Crippen LogP contribution in [-0.4, -0.2) is 30.7 Å². The van der Waals surface area contributed by atoms with Gasteiger partial charge in [-0.25, -0.2) is 0 Å². The highest BCUT2D eigenvalue weighted by Gasteiger charge is 2.42. The molecule has 98 valence electrons. The molecule has 4 heteroatoms. The van der Waals surface area contributed by atoms with E-state index in [0.717, 1.165) is 13.0 Å². The summed E-state index contributed by atoms with van der Waals surface area (Å²) in [5, 5.41) is 3.07. The zero-order chi connectivity index (χ0) is 12.6. The molecule has 1 aliphatic heterocycles. The second-order valence-corrected chi connectivity index (χ2v) is 6.42. The Morgan fingerprint density at radius 3 is 2.53 bits per heavy atom. The quantitative estimate of drug-likeness (QED) is 0.775. The predicted molar refractivity (Wildman–Crippen MR) is 66.4 cm³/mol. The average molecular weight is 240 g/mol. The lowest BCUT2D eigenvalue weighted by molar-refractivity contribution is -0.125. The van der Waals surface area contributed by atoms with Crippen molar-refractivity contribution in [3.63, 3.8) is 0 Å². The van der Waals surface area contributed by atoms with Gasteiger partial charge >= 0.3 is 0 Å². The van der Waals surface area contributed by atoms with E-state index >= 15 is 0 Å². The molecule has 0 aromatic rings. The Morgan fingerprint density at radius 1 is 1.35 bits per heavy atom. The number of carbonyl (C=O) groups excluding carboxylic acids is 1. The van der Waals surface area contributed by atoms with Crippen LogP contribution in [0.2, 0.25) is 0 Å². The summed E-state index contributed by atoms with van der Waals surface area (Å²) in [5.74, 6) is 0.618. The summed E-state index contributed by atoms with van der Waals surface area (Å²) in [6, 6.07) is -0.286. The highest BCUT2D eigenvalue weighted by atomic mass is 16.5. The Kier molecular flexibility index (Phi) is 3.46. The van der Waals surface area contributed by atoms with E-state index < -0.39 is 6.04 Å². The van der Waals surface area contributed by atoms with Gasteiger partial charge in [-0.15, -0.1) is 0 Å². The van der Waals surface area contributed by atoms with Gasteiger partial charge in [0.25, 0.3) is 0 Å². The maximum atomic E-state index is 12.0. The highest BCUT2D eigenvalue weighted by Crippen LogP contribution is 2.38. The number of rotatable bonds is 3. The third-order valence-electron chi connectivity index (χ3n) is 3.77. The normalized spacial score (nSPS) is 31.3. The van der Waals surface area contributed by atoms with Gasteiger partial charge in [0.2, 0.25) is 5.91 Å². The molecule has 1 amide bonds. The topological polar surface area (TPSA) is 64.4 Å². The predicted octanol–water partition coefficient (Wildman–Crippen LogP) is 1.04. The molecule has 4 nitrogen and oxygen atoms in total. The number of nitrogens with one attached hydrogen (secondary N) is 1. The number of carbonyl (C=O) groups is 1. The molecule has 1 heterocycles. The average Bonchev–Trinajstić information content (AvgIpc) is 2.98. The van der Waals surface area contributed by atoms with Crippen molar-refractivity contribution < 1.29 is 9.53 Å². The molecule has 0 aromatic heterocycles. The molecule has 3 N–H and O–H groups in total. The molecule has 17 heavy (non-hydrogen) atoms. The van der Waals surface area contributed by atoms with Crippen LogP contribution in [0.3, 0.4) is 0 Å². The van der Waals surface area contributed by atoms with E-state index in [9.17, 15) is 4.79 Å². The summed E-state index contributed by atoms with van der Waals surface area (Å²) in [6.07, 6.45) is 3.63. The van der Waals surface area contributed by atoms with Crippen LogP contribution < -0.4 is 11.1 Å². The Morgan fingerprint density at radius 2 is 2.00 bits per heavy atom. The van der Waals surface area contributed by atoms with E-state index in [2.05, 4.69) is 5.32 Å². The third-order valence-corrected chi connectivity index (χ3v) is 3.77. The van der Waals surface area contributed by atoms with Gasteiger partial charge in [0.15, 0.2) is 0 Å². The first kappa shape index (κ1) is 12.8. The Labute approximate surface area is 103 Å². The van der Waals surface area contributed by atoms with E-state index in [1.807, 2.05) is 20.8 Å². The monoisotopic (exact) mass is 240 g/mol. The van der Waals surface area contributed by atoms with Crippen molar-refractivity contribution in [3.05, 3.63) is 0 Å². The summed E-state index contributed by atoms with van der Waals surface area (Å²) in [4.78, 5) is 12.0. The first-order chi connectivity index (χ1) is 7.89. The number of nitrogens with two attached hydrogens (primary N) is 1. The lowest BCUT2D eigenvalue weighted by Gasteiger charge is -2.28. The van der Waals surface area contributed by atoms with E-state index in [-0.39, 0.29) is 23.5 Å². The minimum absolute atomic E-state index is 0.0429. The molecule has 1 aliphatic carbocycles. The fraction of sp³-hybridized carbons (Fsp3) is 0.923. The van der Waals surface area contributed by atoms with Crippen molar-refractivity contribution in [1.29, 1.82) is 0 Å². The van der Waals surface area contributed by atoms with Crippen LogP contribution in [0, 0.1) is 11.3 Å². The summed E-state index contributed by atoms with van der Waals surface area (Å²) < 4.78 is 5.70. The van der Waals surface area contributed by atoms with E-state index in [4.69, 9.17) is 10.5 Å².